The van der Waals surface area contributed by atoms with Gasteiger partial charge in [-0.15, -0.1) is 0 Å². The Morgan fingerprint density at radius 2 is 1.58 bits per heavy atom. The number of nitrogens with one attached hydrogen (secondary N) is 1. The zero-order valence-corrected chi connectivity index (χ0v) is 13.7. The Morgan fingerprint density at radius 1 is 0.958 bits per heavy atom. The second kappa shape index (κ2) is 6.07. The topological polar surface area (TPSA) is 83.5 Å². The lowest BCUT2D eigenvalue weighted by Crippen LogP contribution is -2.13. The van der Waals surface area contributed by atoms with E-state index in [1.807, 2.05) is 19.1 Å². The number of carbonyl (C=O) groups is 1. The first-order chi connectivity index (χ1) is 11.4. The van der Waals surface area contributed by atoms with Crippen LogP contribution in [0.25, 0.3) is 10.8 Å². The van der Waals surface area contributed by atoms with E-state index in [0.717, 1.165) is 5.56 Å². The lowest BCUT2D eigenvalue weighted by Gasteiger charge is -2.11. The summed E-state index contributed by atoms with van der Waals surface area (Å²) in [6, 6.07) is 16.6. The average Bonchev–Trinajstić information content (AvgIpc) is 2.54. The van der Waals surface area contributed by atoms with Crippen molar-refractivity contribution in [3.05, 3.63) is 71.8 Å². The van der Waals surface area contributed by atoms with Crippen molar-refractivity contribution in [1.29, 1.82) is 0 Å². The minimum atomic E-state index is -4.41. The van der Waals surface area contributed by atoms with Gasteiger partial charge in [0.2, 0.25) is 0 Å². The molecule has 1 amide bonds. The average molecular weight is 341 g/mol. The number of amides is 1. The van der Waals surface area contributed by atoms with Crippen LogP contribution in [0.15, 0.2) is 65.6 Å². The van der Waals surface area contributed by atoms with Gasteiger partial charge in [-0.05, 0) is 36.6 Å². The lowest BCUT2D eigenvalue weighted by atomic mass is 10.1. The summed E-state index contributed by atoms with van der Waals surface area (Å²) >= 11 is 0. The minimum absolute atomic E-state index is 0.236. The van der Waals surface area contributed by atoms with Crippen LogP contribution in [-0.2, 0) is 10.1 Å². The Bertz CT molecular complexity index is 1020. The largest absolute Gasteiger partial charge is 0.321 e. The van der Waals surface area contributed by atoms with Crippen LogP contribution < -0.4 is 5.32 Å². The number of hydrogen-bond acceptors (Lipinski definition) is 3. The summed E-state index contributed by atoms with van der Waals surface area (Å²) in [5.74, 6) is -0.354. The molecule has 122 valence electrons. The minimum Gasteiger partial charge on any atom is -0.321 e. The fourth-order valence-electron chi connectivity index (χ4n) is 2.53. The molecule has 0 aliphatic carbocycles. The second-order valence-corrected chi connectivity index (χ2v) is 6.85. The van der Waals surface area contributed by atoms with Gasteiger partial charge in [0.15, 0.2) is 0 Å². The van der Waals surface area contributed by atoms with Crippen molar-refractivity contribution in [3.8, 4) is 0 Å². The molecule has 3 aromatic rings. The first-order valence-corrected chi connectivity index (χ1v) is 8.67. The van der Waals surface area contributed by atoms with Crippen molar-refractivity contribution in [2.75, 3.05) is 5.32 Å². The number of fused-ring (bicyclic) bond motifs is 1. The van der Waals surface area contributed by atoms with Crippen LogP contribution >= 0.6 is 0 Å². The smallest absolute Gasteiger partial charge is 0.295 e. The Labute approximate surface area is 139 Å². The predicted molar refractivity (Wildman–Crippen MR) is 92.9 cm³/mol. The van der Waals surface area contributed by atoms with Crippen molar-refractivity contribution in [1.82, 2.24) is 0 Å². The van der Waals surface area contributed by atoms with Crippen LogP contribution in [0.1, 0.15) is 15.9 Å². The van der Waals surface area contributed by atoms with Gasteiger partial charge in [0.25, 0.3) is 16.0 Å². The van der Waals surface area contributed by atoms with E-state index in [4.69, 9.17) is 0 Å². The highest BCUT2D eigenvalue weighted by atomic mass is 32.2. The number of rotatable bonds is 3. The lowest BCUT2D eigenvalue weighted by molar-refractivity contribution is 0.102. The summed E-state index contributed by atoms with van der Waals surface area (Å²) in [6.45, 7) is 1.92. The zero-order chi connectivity index (χ0) is 17.3. The van der Waals surface area contributed by atoms with Crippen molar-refractivity contribution in [2.45, 2.75) is 11.8 Å². The van der Waals surface area contributed by atoms with Crippen LogP contribution in [0.4, 0.5) is 5.69 Å². The SMILES string of the molecule is Cc1ccc(C(=O)Nc2cccc3cccc(S(=O)(=O)O)c23)cc1. The van der Waals surface area contributed by atoms with Crippen LogP contribution in [0, 0.1) is 6.92 Å². The number of anilines is 1. The Balaban J connectivity index is 2.10. The molecule has 0 aliphatic rings. The zero-order valence-electron chi connectivity index (χ0n) is 12.9. The molecule has 0 atom stereocenters. The molecule has 2 N–H and O–H groups in total. The third kappa shape index (κ3) is 3.15. The van der Waals surface area contributed by atoms with Gasteiger partial charge < -0.3 is 5.32 Å². The Kier molecular flexibility index (Phi) is 4.09. The van der Waals surface area contributed by atoms with Crippen LogP contribution in [0.3, 0.4) is 0 Å². The molecule has 6 heteroatoms. The van der Waals surface area contributed by atoms with E-state index in [1.54, 1.807) is 36.4 Å². The standard InChI is InChI=1S/C18H15NO4S/c1-12-8-10-14(11-9-12)18(20)19-15-6-2-4-13-5-3-7-16(17(13)15)24(21,22)23/h2-11H,1H3,(H,19,20)(H,21,22,23). The quantitative estimate of drug-likeness (QED) is 0.712. The van der Waals surface area contributed by atoms with Gasteiger partial charge in [0.1, 0.15) is 4.90 Å². The molecule has 24 heavy (non-hydrogen) atoms. The fraction of sp³-hybridized carbons (Fsp3) is 0.0556. The molecular weight excluding hydrogens is 326 g/mol. The molecule has 0 aliphatic heterocycles. The number of carbonyl (C=O) groups excluding carboxylic acids is 1. The first kappa shape index (κ1) is 16.2. The van der Waals surface area contributed by atoms with Crippen molar-refractivity contribution >= 4 is 32.5 Å². The molecule has 0 bridgehead atoms. The highest BCUT2D eigenvalue weighted by molar-refractivity contribution is 7.86. The molecule has 0 fully saturated rings. The molecule has 5 nitrogen and oxygen atoms in total. The Morgan fingerprint density at radius 3 is 2.21 bits per heavy atom. The maximum atomic E-state index is 12.4. The molecule has 0 unspecified atom stereocenters. The first-order valence-electron chi connectivity index (χ1n) is 7.23. The van der Waals surface area contributed by atoms with E-state index in [9.17, 15) is 17.8 Å². The van der Waals surface area contributed by atoms with Gasteiger partial charge in [-0.1, -0.05) is 42.0 Å². The Hall–Kier alpha value is -2.70. The molecule has 0 spiro atoms. The predicted octanol–water partition coefficient (Wildman–Crippen LogP) is 3.65. The molecular formula is C18H15NO4S. The van der Waals surface area contributed by atoms with Crippen LogP contribution in [0.2, 0.25) is 0 Å². The summed E-state index contributed by atoms with van der Waals surface area (Å²) in [5, 5.41) is 3.60. The maximum absolute atomic E-state index is 12.4. The van der Waals surface area contributed by atoms with Crippen molar-refractivity contribution in [3.63, 3.8) is 0 Å². The fourth-order valence-corrected chi connectivity index (χ4v) is 3.26. The number of hydrogen-bond donors (Lipinski definition) is 2. The monoisotopic (exact) mass is 341 g/mol. The van der Waals surface area contributed by atoms with Gasteiger partial charge in [-0.2, -0.15) is 8.42 Å². The highest BCUT2D eigenvalue weighted by Gasteiger charge is 2.17. The van der Waals surface area contributed by atoms with Gasteiger partial charge in [-0.25, -0.2) is 0 Å². The van der Waals surface area contributed by atoms with Crippen molar-refractivity contribution in [2.24, 2.45) is 0 Å². The molecule has 3 aromatic carbocycles. The van der Waals surface area contributed by atoms with E-state index < -0.39 is 10.1 Å². The van der Waals surface area contributed by atoms with Gasteiger partial charge in [0, 0.05) is 10.9 Å². The van der Waals surface area contributed by atoms with Crippen LogP contribution in [-0.4, -0.2) is 18.9 Å². The third-order valence-electron chi connectivity index (χ3n) is 3.71. The summed E-state index contributed by atoms with van der Waals surface area (Å²) in [5.41, 5.74) is 1.82. The van der Waals surface area contributed by atoms with Gasteiger partial charge >= 0.3 is 0 Å². The molecule has 0 heterocycles. The van der Waals surface area contributed by atoms with E-state index in [2.05, 4.69) is 5.32 Å². The maximum Gasteiger partial charge on any atom is 0.295 e. The summed E-state index contributed by atoms with van der Waals surface area (Å²) in [6.07, 6.45) is 0. The molecule has 0 saturated carbocycles. The summed E-state index contributed by atoms with van der Waals surface area (Å²) in [4.78, 5) is 12.2. The molecule has 0 aromatic heterocycles. The van der Waals surface area contributed by atoms with Crippen molar-refractivity contribution < 1.29 is 17.8 Å². The van der Waals surface area contributed by atoms with Gasteiger partial charge in [-0.3, -0.25) is 9.35 Å². The summed E-state index contributed by atoms with van der Waals surface area (Å²) < 4.78 is 32.7. The number of aryl methyl sites for hydroxylation is 1. The van der Waals surface area contributed by atoms with Crippen LogP contribution in [0.5, 0.6) is 0 Å². The van der Waals surface area contributed by atoms with Gasteiger partial charge in [0.05, 0.1) is 5.69 Å². The van der Waals surface area contributed by atoms with E-state index >= 15 is 0 Å². The van der Waals surface area contributed by atoms with E-state index in [-0.39, 0.29) is 16.2 Å². The molecule has 3 rings (SSSR count). The molecule has 0 saturated heterocycles. The molecule has 0 radical (unpaired) electrons. The van der Waals surface area contributed by atoms with E-state index in [1.165, 1.54) is 12.1 Å². The third-order valence-corrected chi connectivity index (χ3v) is 4.60. The van der Waals surface area contributed by atoms with E-state index in [0.29, 0.717) is 16.6 Å². The summed E-state index contributed by atoms with van der Waals surface area (Å²) in [7, 11) is -4.41. The normalized spacial score (nSPS) is 11.4. The second-order valence-electron chi connectivity index (χ2n) is 5.46. The highest BCUT2D eigenvalue weighted by Crippen LogP contribution is 2.30. The number of benzene rings is 3.